The van der Waals surface area contributed by atoms with Crippen LogP contribution in [0.5, 0.6) is 0 Å². The van der Waals surface area contributed by atoms with Crippen LogP contribution in [0.25, 0.3) is 25.2 Å². The maximum atomic E-state index is 9.46. The molecular formula is C23H19N7O2S3. The van der Waals surface area contributed by atoms with Gasteiger partial charge in [-0.3, -0.25) is 0 Å². The molecule has 5 heterocycles. The first-order chi connectivity index (χ1) is 17.2. The van der Waals surface area contributed by atoms with E-state index < -0.39 is 0 Å². The largest absolute Gasteiger partial charge is 0.378 e. The molecule has 35 heavy (non-hydrogen) atoms. The van der Waals surface area contributed by atoms with E-state index in [4.69, 9.17) is 30.0 Å². The van der Waals surface area contributed by atoms with Crippen molar-refractivity contribution in [2.75, 3.05) is 62.4 Å². The van der Waals surface area contributed by atoms with Crippen molar-refractivity contribution in [3.63, 3.8) is 0 Å². The highest BCUT2D eigenvalue weighted by Crippen LogP contribution is 2.45. The smallest absolute Gasteiger partial charge is 0.188 e. The number of nitriles is 3. The topological polar surface area (TPSA) is 122 Å². The molecule has 12 heteroatoms. The van der Waals surface area contributed by atoms with Gasteiger partial charge in [-0.15, -0.1) is 22.7 Å². The van der Waals surface area contributed by atoms with Crippen LogP contribution in [0.15, 0.2) is 23.9 Å². The minimum Gasteiger partial charge on any atom is -0.378 e. The molecule has 9 nitrogen and oxygen atoms in total. The zero-order chi connectivity index (χ0) is 24.2. The molecule has 2 aliphatic heterocycles. The van der Waals surface area contributed by atoms with Gasteiger partial charge in [0.2, 0.25) is 0 Å². The summed E-state index contributed by atoms with van der Waals surface area (Å²) in [5.74, 6) is 0.940. The average molecular weight is 522 g/mol. The van der Waals surface area contributed by atoms with E-state index in [0.29, 0.717) is 31.3 Å². The highest BCUT2D eigenvalue weighted by molar-refractivity contribution is 7.27. The Balaban J connectivity index is 1.48. The van der Waals surface area contributed by atoms with E-state index in [-0.39, 0.29) is 11.1 Å². The Morgan fingerprint density at radius 3 is 2.17 bits per heavy atom. The van der Waals surface area contributed by atoms with Crippen molar-refractivity contribution in [2.24, 2.45) is 0 Å². The number of hydrogen-bond acceptors (Lipinski definition) is 12. The minimum atomic E-state index is -0.179. The van der Waals surface area contributed by atoms with Crippen molar-refractivity contribution in [3.05, 3.63) is 28.8 Å². The molecule has 3 aromatic rings. The van der Waals surface area contributed by atoms with E-state index in [1.807, 2.05) is 18.3 Å². The maximum Gasteiger partial charge on any atom is 0.188 e. The number of rotatable bonds is 5. The monoisotopic (exact) mass is 521 g/mol. The third-order valence-corrected chi connectivity index (χ3v) is 9.13. The van der Waals surface area contributed by atoms with Gasteiger partial charge in [-0.2, -0.15) is 15.8 Å². The number of anilines is 2. The third-order valence-electron chi connectivity index (χ3n) is 5.57. The predicted molar refractivity (Wildman–Crippen MR) is 136 cm³/mol. The first kappa shape index (κ1) is 23.4. The number of morpholine rings is 2. The Kier molecular flexibility index (Phi) is 7.05. The summed E-state index contributed by atoms with van der Waals surface area (Å²) in [6.45, 7) is 5.95. The van der Waals surface area contributed by atoms with Crippen LogP contribution in [0.2, 0.25) is 0 Å². The molecule has 2 saturated heterocycles. The van der Waals surface area contributed by atoms with Crippen LogP contribution < -0.4 is 9.80 Å². The summed E-state index contributed by atoms with van der Waals surface area (Å²) in [6.07, 6.45) is 1.83. The number of allylic oxidation sites excluding steroid dienone is 2. The van der Waals surface area contributed by atoms with Gasteiger partial charge in [0.15, 0.2) is 10.9 Å². The van der Waals surface area contributed by atoms with E-state index in [1.54, 1.807) is 40.9 Å². The van der Waals surface area contributed by atoms with Crippen molar-refractivity contribution in [3.8, 4) is 37.8 Å². The number of hydrogen-bond donors (Lipinski definition) is 0. The SMILES string of the molecule is N#CC(C#N)=C(C#N)c1ccc(-c2cnc(-c3sc(N4CCOCC4)nc3N3CCOCC3)s2)s1. The van der Waals surface area contributed by atoms with Crippen LogP contribution in [0.1, 0.15) is 4.88 Å². The summed E-state index contributed by atoms with van der Waals surface area (Å²) in [4.78, 5) is 17.8. The van der Waals surface area contributed by atoms with E-state index in [0.717, 1.165) is 56.8 Å². The molecule has 5 rings (SSSR count). The Morgan fingerprint density at radius 2 is 1.51 bits per heavy atom. The minimum absolute atomic E-state index is 0.100. The van der Waals surface area contributed by atoms with Crippen molar-refractivity contribution >= 4 is 50.5 Å². The van der Waals surface area contributed by atoms with E-state index in [1.165, 1.54) is 11.3 Å². The van der Waals surface area contributed by atoms with Crippen LogP contribution in [-0.2, 0) is 9.47 Å². The lowest BCUT2D eigenvalue weighted by atomic mass is 10.1. The fourth-order valence-corrected chi connectivity index (χ4v) is 7.00. The molecule has 0 atom stereocenters. The molecule has 0 amide bonds. The quantitative estimate of drug-likeness (QED) is 0.459. The molecule has 0 radical (unpaired) electrons. The van der Waals surface area contributed by atoms with Crippen molar-refractivity contribution in [2.45, 2.75) is 0 Å². The number of nitrogens with zero attached hydrogens (tertiary/aromatic N) is 7. The fourth-order valence-electron chi connectivity index (χ4n) is 3.79. The zero-order valence-electron chi connectivity index (χ0n) is 18.6. The molecular weight excluding hydrogens is 503 g/mol. The van der Waals surface area contributed by atoms with Gasteiger partial charge in [0.05, 0.1) is 36.9 Å². The van der Waals surface area contributed by atoms with Gasteiger partial charge in [0, 0.05) is 42.1 Å². The molecule has 176 valence electrons. The molecule has 0 aliphatic carbocycles. The molecule has 2 aliphatic rings. The van der Waals surface area contributed by atoms with Gasteiger partial charge in [-0.05, 0) is 12.1 Å². The van der Waals surface area contributed by atoms with Crippen molar-refractivity contribution in [1.82, 2.24) is 9.97 Å². The second kappa shape index (κ2) is 10.5. The van der Waals surface area contributed by atoms with Gasteiger partial charge in [-0.25, -0.2) is 9.97 Å². The van der Waals surface area contributed by atoms with Gasteiger partial charge < -0.3 is 19.3 Å². The van der Waals surface area contributed by atoms with Crippen LogP contribution in [0.3, 0.4) is 0 Å². The zero-order valence-corrected chi connectivity index (χ0v) is 21.0. The van der Waals surface area contributed by atoms with Gasteiger partial charge >= 0.3 is 0 Å². The fraction of sp³-hybridized carbons (Fsp3) is 0.348. The van der Waals surface area contributed by atoms with Gasteiger partial charge in [0.1, 0.15) is 33.7 Å². The maximum absolute atomic E-state index is 9.46. The number of ether oxygens (including phenoxy) is 2. The summed E-state index contributed by atoms with van der Waals surface area (Å²) in [6, 6.07) is 9.27. The number of aromatic nitrogens is 2. The number of thiophene rings is 1. The summed E-state index contributed by atoms with van der Waals surface area (Å²) in [5, 5.41) is 29.6. The molecule has 0 saturated carbocycles. The van der Waals surface area contributed by atoms with Crippen LogP contribution in [0, 0.1) is 34.0 Å². The van der Waals surface area contributed by atoms with Crippen LogP contribution in [-0.4, -0.2) is 62.6 Å². The van der Waals surface area contributed by atoms with Gasteiger partial charge in [0.25, 0.3) is 0 Å². The Bertz CT molecular complexity index is 1360. The first-order valence-corrected chi connectivity index (χ1v) is 13.3. The third kappa shape index (κ3) is 4.78. The molecule has 0 unspecified atom stereocenters. The average Bonchev–Trinajstić information content (AvgIpc) is 3.67. The van der Waals surface area contributed by atoms with Crippen molar-refractivity contribution < 1.29 is 9.47 Å². The highest BCUT2D eigenvalue weighted by atomic mass is 32.1. The molecule has 0 spiro atoms. The second-order valence-corrected chi connectivity index (χ2v) is 10.7. The summed E-state index contributed by atoms with van der Waals surface area (Å²) in [5.41, 5.74) is -0.0791. The van der Waals surface area contributed by atoms with E-state index in [2.05, 4.69) is 9.80 Å². The van der Waals surface area contributed by atoms with E-state index >= 15 is 0 Å². The predicted octanol–water partition coefficient (Wildman–Crippen LogP) is 3.99. The normalized spacial score (nSPS) is 15.8. The van der Waals surface area contributed by atoms with Gasteiger partial charge in [-0.1, -0.05) is 11.3 Å². The van der Waals surface area contributed by atoms with E-state index in [9.17, 15) is 5.26 Å². The Labute approximate surface area is 214 Å². The molecule has 0 bridgehead atoms. The molecule has 0 aromatic carbocycles. The lowest BCUT2D eigenvalue weighted by Crippen LogP contribution is -2.37. The first-order valence-electron chi connectivity index (χ1n) is 10.9. The van der Waals surface area contributed by atoms with Crippen LogP contribution >= 0.6 is 34.0 Å². The van der Waals surface area contributed by atoms with Crippen LogP contribution in [0.4, 0.5) is 10.9 Å². The molecule has 3 aromatic heterocycles. The lowest BCUT2D eigenvalue weighted by Gasteiger charge is -2.28. The summed E-state index contributed by atoms with van der Waals surface area (Å²) in [7, 11) is 0. The summed E-state index contributed by atoms with van der Waals surface area (Å²) < 4.78 is 11.1. The summed E-state index contributed by atoms with van der Waals surface area (Å²) >= 11 is 4.59. The molecule has 0 N–H and O–H groups in total. The van der Waals surface area contributed by atoms with Crippen molar-refractivity contribution in [1.29, 1.82) is 15.8 Å². The number of thiazole rings is 2. The lowest BCUT2D eigenvalue weighted by molar-refractivity contribution is 0.122. The standard InChI is InChI=1S/C23H19N7O2S3/c24-11-15(12-25)16(13-26)17-1-2-18(33-17)19-14-27-22(34-19)20-21(29-3-7-31-8-4-29)28-23(35-20)30-5-9-32-10-6-30/h1-2,14H,3-10H2. The Hall–Kier alpha value is -3.31. The highest BCUT2D eigenvalue weighted by Gasteiger charge is 2.26. The molecule has 2 fully saturated rings. The second-order valence-electron chi connectivity index (χ2n) is 7.63. The Morgan fingerprint density at radius 1 is 0.829 bits per heavy atom.